The normalized spacial score (nSPS) is 19.9. The largest absolute Gasteiger partial charge is 0.464 e. The minimum Gasteiger partial charge on any atom is -0.464 e. The van der Waals surface area contributed by atoms with Crippen molar-refractivity contribution >= 4 is 22.8 Å². The van der Waals surface area contributed by atoms with Crippen molar-refractivity contribution in [1.29, 1.82) is 0 Å². The molecular weight excluding hydrogens is 240 g/mol. The molecule has 4 nitrogen and oxygen atoms in total. The summed E-state index contributed by atoms with van der Waals surface area (Å²) < 4.78 is 4.82. The van der Waals surface area contributed by atoms with Crippen LogP contribution in [-0.4, -0.2) is 34.7 Å². The van der Waals surface area contributed by atoms with Crippen molar-refractivity contribution in [3.8, 4) is 0 Å². The number of thioether (sulfide) groups is 1. The van der Waals surface area contributed by atoms with Crippen LogP contribution in [0.5, 0.6) is 0 Å². The third kappa shape index (κ3) is 3.01. The molecule has 5 heteroatoms. The molecular formula is C12H20O4S. The third-order valence-corrected chi connectivity index (χ3v) is 4.17. The highest BCUT2D eigenvalue weighted by molar-refractivity contribution is 8.13. The standard InChI is InChI=1S/C12H20O4S/c1-3-16-10(14)9(13)12(7-5-6-8-12)11(15)17-4-2/h9,13H,3-8H2,1-2H3/t9-/m1/s1. The number of rotatable bonds is 5. The Balaban J connectivity index is 2.83. The molecule has 0 heterocycles. The van der Waals surface area contributed by atoms with Crippen LogP contribution in [0.1, 0.15) is 39.5 Å². The van der Waals surface area contributed by atoms with Crippen LogP contribution in [0.2, 0.25) is 0 Å². The van der Waals surface area contributed by atoms with Crippen molar-refractivity contribution in [2.45, 2.75) is 45.6 Å². The van der Waals surface area contributed by atoms with Gasteiger partial charge >= 0.3 is 5.97 Å². The molecule has 1 aliphatic carbocycles. The first-order chi connectivity index (χ1) is 8.08. The Labute approximate surface area is 106 Å². The predicted molar refractivity (Wildman–Crippen MR) is 66.7 cm³/mol. The van der Waals surface area contributed by atoms with Crippen LogP contribution >= 0.6 is 11.8 Å². The SMILES string of the molecule is CCOC(=O)[C@@H](O)C1(C(=O)SCC)CCCC1. The molecule has 1 atom stereocenters. The lowest BCUT2D eigenvalue weighted by Gasteiger charge is -2.30. The number of esters is 1. The summed E-state index contributed by atoms with van der Waals surface area (Å²) in [4.78, 5) is 23.7. The van der Waals surface area contributed by atoms with Crippen LogP contribution < -0.4 is 0 Å². The van der Waals surface area contributed by atoms with E-state index in [9.17, 15) is 14.7 Å². The number of ether oxygens (including phenoxy) is 1. The second-order valence-electron chi connectivity index (χ2n) is 4.24. The summed E-state index contributed by atoms with van der Waals surface area (Å²) in [5.74, 6) is -0.00435. The lowest BCUT2D eigenvalue weighted by Crippen LogP contribution is -2.44. The molecule has 0 aliphatic heterocycles. The first-order valence-corrected chi connectivity index (χ1v) is 7.09. The molecule has 0 unspecified atom stereocenters. The van der Waals surface area contributed by atoms with Crippen molar-refractivity contribution in [3.63, 3.8) is 0 Å². The lowest BCUT2D eigenvalue weighted by molar-refractivity contribution is -0.163. The highest BCUT2D eigenvalue weighted by Gasteiger charge is 2.50. The average Bonchev–Trinajstić information content (AvgIpc) is 2.79. The molecule has 0 amide bonds. The molecule has 1 aliphatic rings. The highest BCUT2D eigenvalue weighted by atomic mass is 32.2. The molecule has 0 bridgehead atoms. The van der Waals surface area contributed by atoms with Gasteiger partial charge in [-0.1, -0.05) is 31.5 Å². The van der Waals surface area contributed by atoms with Gasteiger partial charge in [0.25, 0.3) is 0 Å². The second kappa shape index (κ2) is 6.40. The zero-order valence-electron chi connectivity index (χ0n) is 10.4. The van der Waals surface area contributed by atoms with Crippen LogP contribution in [0, 0.1) is 5.41 Å². The molecule has 1 rings (SSSR count). The Morgan fingerprint density at radius 2 is 1.94 bits per heavy atom. The fourth-order valence-corrected chi connectivity index (χ4v) is 3.18. The Morgan fingerprint density at radius 3 is 2.41 bits per heavy atom. The minimum atomic E-state index is -1.31. The first-order valence-electron chi connectivity index (χ1n) is 6.10. The van der Waals surface area contributed by atoms with Gasteiger partial charge in [0.1, 0.15) is 0 Å². The van der Waals surface area contributed by atoms with Crippen LogP contribution in [0.15, 0.2) is 0 Å². The highest BCUT2D eigenvalue weighted by Crippen LogP contribution is 2.45. The van der Waals surface area contributed by atoms with E-state index in [1.807, 2.05) is 6.92 Å². The van der Waals surface area contributed by atoms with E-state index in [4.69, 9.17) is 4.74 Å². The van der Waals surface area contributed by atoms with Gasteiger partial charge in [-0.15, -0.1) is 0 Å². The van der Waals surface area contributed by atoms with E-state index in [-0.39, 0.29) is 11.7 Å². The van der Waals surface area contributed by atoms with E-state index < -0.39 is 17.5 Å². The maximum absolute atomic E-state index is 12.1. The molecule has 1 N–H and O–H groups in total. The average molecular weight is 260 g/mol. The van der Waals surface area contributed by atoms with Gasteiger partial charge in [-0.2, -0.15) is 0 Å². The van der Waals surface area contributed by atoms with E-state index in [1.165, 1.54) is 11.8 Å². The second-order valence-corrected chi connectivity index (χ2v) is 5.48. The van der Waals surface area contributed by atoms with Crippen LogP contribution in [0.4, 0.5) is 0 Å². The minimum absolute atomic E-state index is 0.0712. The Kier molecular flexibility index (Phi) is 5.46. The van der Waals surface area contributed by atoms with Gasteiger partial charge in [0, 0.05) is 0 Å². The Bertz CT molecular complexity index is 284. The van der Waals surface area contributed by atoms with E-state index in [0.717, 1.165) is 12.8 Å². The van der Waals surface area contributed by atoms with Crippen LogP contribution in [-0.2, 0) is 14.3 Å². The topological polar surface area (TPSA) is 63.6 Å². The quantitative estimate of drug-likeness (QED) is 0.763. The first kappa shape index (κ1) is 14.5. The van der Waals surface area contributed by atoms with Crippen molar-refractivity contribution in [2.75, 3.05) is 12.4 Å². The van der Waals surface area contributed by atoms with E-state index in [2.05, 4.69) is 0 Å². The number of hydrogen-bond donors (Lipinski definition) is 1. The van der Waals surface area contributed by atoms with Crippen molar-refractivity contribution < 1.29 is 19.4 Å². The van der Waals surface area contributed by atoms with Gasteiger partial charge in [-0.3, -0.25) is 4.79 Å². The summed E-state index contributed by atoms with van der Waals surface area (Å²) in [5, 5.41) is 10.0. The summed E-state index contributed by atoms with van der Waals surface area (Å²) in [6, 6.07) is 0. The summed E-state index contributed by atoms with van der Waals surface area (Å²) in [7, 11) is 0. The molecule has 1 saturated carbocycles. The monoisotopic (exact) mass is 260 g/mol. The van der Waals surface area contributed by atoms with Crippen molar-refractivity contribution in [2.24, 2.45) is 5.41 Å². The van der Waals surface area contributed by atoms with Gasteiger partial charge in [0.2, 0.25) is 0 Å². The Morgan fingerprint density at radius 1 is 1.35 bits per heavy atom. The molecule has 0 aromatic rings. The molecule has 0 aromatic heterocycles. The van der Waals surface area contributed by atoms with Gasteiger partial charge < -0.3 is 9.84 Å². The van der Waals surface area contributed by atoms with Gasteiger partial charge in [0.15, 0.2) is 11.2 Å². The lowest BCUT2D eigenvalue weighted by atomic mass is 9.81. The zero-order chi connectivity index (χ0) is 12.9. The fraction of sp³-hybridized carbons (Fsp3) is 0.833. The van der Waals surface area contributed by atoms with Crippen LogP contribution in [0.3, 0.4) is 0 Å². The van der Waals surface area contributed by atoms with Gasteiger partial charge in [0.05, 0.1) is 12.0 Å². The smallest absolute Gasteiger partial charge is 0.336 e. The summed E-state index contributed by atoms with van der Waals surface area (Å²) in [6.45, 7) is 3.80. The van der Waals surface area contributed by atoms with E-state index in [0.29, 0.717) is 18.6 Å². The maximum Gasteiger partial charge on any atom is 0.336 e. The van der Waals surface area contributed by atoms with E-state index >= 15 is 0 Å². The molecule has 0 aromatic carbocycles. The number of aliphatic hydroxyl groups is 1. The third-order valence-electron chi connectivity index (χ3n) is 3.21. The van der Waals surface area contributed by atoms with Crippen molar-refractivity contribution in [1.82, 2.24) is 0 Å². The molecule has 0 saturated heterocycles. The van der Waals surface area contributed by atoms with Crippen molar-refractivity contribution in [3.05, 3.63) is 0 Å². The molecule has 17 heavy (non-hydrogen) atoms. The number of carbonyl (C=O) groups excluding carboxylic acids is 2. The number of hydrogen-bond acceptors (Lipinski definition) is 5. The number of aliphatic hydroxyl groups excluding tert-OH is 1. The summed E-state index contributed by atoms with van der Waals surface area (Å²) >= 11 is 1.18. The molecule has 0 spiro atoms. The summed E-state index contributed by atoms with van der Waals surface area (Å²) in [6.07, 6.45) is 1.62. The fourth-order valence-electron chi connectivity index (χ4n) is 2.32. The Hall–Kier alpha value is -0.550. The molecule has 98 valence electrons. The molecule has 0 radical (unpaired) electrons. The van der Waals surface area contributed by atoms with Crippen LogP contribution in [0.25, 0.3) is 0 Å². The van der Waals surface area contributed by atoms with E-state index in [1.54, 1.807) is 6.92 Å². The van der Waals surface area contributed by atoms with Gasteiger partial charge in [-0.05, 0) is 25.5 Å². The van der Waals surface area contributed by atoms with Gasteiger partial charge in [-0.25, -0.2) is 4.79 Å². The molecule has 1 fully saturated rings. The predicted octanol–water partition coefficient (Wildman–Crippen LogP) is 1.75. The number of carbonyl (C=O) groups is 2. The zero-order valence-corrected chi connectivity index (χ0v) is 11.2. The maximum atomic E-state index is 12.1. The summed E-state index contributed by atoms with van der Waals surface area (Å²) in [5.41, 5.74) is -0.910.